The minimum atomic E-state index is 0.841. The van der Waals surface area contributed by atoms with Crippen LogP contribution in [0.4, 0.5) is 0 Å². The van der Waals surface area contributed by atoms with Crippen LogP contribution in [0.3, 0.4) is 0 Å². The number of hydrogen-bond acceptors (Lipinski definition) is 3. The molecule has 0 fully saturated rings. The summed E-state index contributed by atoms with van der Waals surface area (Å²) in [5.74, 6) is 0. The second-order valence-corrected chi connectivity index (χ2v) is 14.1. The molecule has 0 bridgehead atoms. The monoisotopic (exact) mass is 700 g/mol. The highest BCUT2D eigenvalue weighted by Crippen LogP contribution is 2.45. The Hall–Kier alpha value is -7.36. The van der Waals surface area contributed by atoms with E-state index in [4.69, 9.17) is 14.4 Å². The van der Waals surface area contributed by atoms with Gasteiger partial charge in [0.2, 0.25) is 0 Å². The van der Waals surface area contributed by atoms with Crippen molar-refractivity contribution in [3.05, 3.63) is 194 Å². The number of aromatic nitrogens is 2. The molecule has 256 valence electrons. The van der Waals surface area contributed by atoms with Crippen LogP contribution < -0.4 is 0 Å². The van der Waals surface area contributed by atoms with Gasteiger partial charge < -0.3 is 4.42 Å². The van der Waals surface area contributed by atoms with Crippen molar-refractivity contribution in [3.8, 4) is 55.8 Å². The van der Waals surface area contributed by atoms with Crippen LogP contribution in [0.1, 0.15) is 0 Å². The number of fused-ring (bicyclic) bond motifs is 9. The van der Waals surface area contributed by atoms with Crippen molar-refractivity contribution in [2.45, 2.75) is 0 Å². The van der Waals surface area contributed by atoms with Crippen LogP contribution in [-0.2, 0) is 0 Å². The van der Waals surface area contributed by atoms with E-state index in [1.807, 2.05) is 6.20 Å². The maximum absolute atomic E-state index is 6.99. The zero-order valence-corrected chi connectivity index (χ0v) is 29.8. The summed E-state index contributed by atoms with van der Waals surface area (Å²) in [4.78, 5) is 10.4. The maximum Gasteiger partial charge on any atom is 0.143 e. The van der Waals surface area contributed by atoms with Crippen molar-refractivity contribution in [1.82, 2.24) is 9.97 Å². The van der Waals surface area contributed by atoms with Crippen LogP contribution in [0, 0.1) is 0 Å². The van der Waals surface area contributed by atoms with E-state index >= 15 is 0 Å². The zero-order valence-electron chi connectivity index (χ0n) is 29.8. The van der Waals surface area contributed by atoms with Crippen LogP contribution in [0.2, 0.25) is 0 Å². The Morgan fingerprint density at radius 1 is 0.309 bits per heavy atom. The molecule has 55 heavy (non-hydrogen) atoms. The fourth-order valence-corrected chi connectivity index (χ4v) is 8.23. The lowest BCUT2D eigenvalue weighted by Crippen LogP contribution is -1.92. The molecule has 2 aromatic heterocycles. The molecular weight excluding hydrogens is 669 g/mol. The topological polar surface area (TPSA) is 38.9 Å². The van der Waals surface area contributed by atoms with Crippen LogP contribution in [0.5, 0.6) is 0 Å². The molecule has 3 nitrogen and oxygen atoms in total. The van der Waals surface area contributed by atoms with Crippen molar-refractivity contribution in [1.29, 1.82) is 0 Å². The van der Waals surface area contributed by atoms with E-state index in [-0.39, 0.29) is 0 Å². The van der Waals surface area contributed by atoms with Crippen LogP contribution in [0.15, 0.2) is 199 Å². The standard InChI is InChI=1S/C52H32N2O/c1-4-15-33(16-5-1)38-28-44(34-17-6-2-7-18-34)51-46(30-38)47-31-39(29-45(52(47)55-51)35-19-8-3-9-20-35)36-21-14-22-37(27-36)48-32-53-49-42-25-12-10-23-40(42)41-24-11-13-26-43(41)50(49)54-48/h1-32H. The first kappa shape index (κ1) is 31.2. The minimum absolute atomic E-state index is 0.841. The van der Waals surface area contributed by atoms with Crippen LogP contribution in [0.25, 0.3) is 110 Å². The van der Waals surface area contributed by atoms with Gasteiger partial charge >= 0.3 is 0 Å². The first-order valence-electron chi connectivity index (χ1n) is 18.6. The molecule has 0 aliphatic heterocycles. The van der Waals surface area contributed by atoms with E-state index in [1.165, 1.54) is 16.3 Å². The van der Waals surface area contributed by atoms with Gasteiger partial charge in [-0.3, -0.25) is 4.98 Å². The van der Waals surface area contributed by atoms with Crippen molar-refractivity contribution in [3.63, 3.8) is 0 Å². The Kier molecular flexibility index (Phi) is 7.17. The summed E-state index contributed by atoms with van der Waals surface area (Å²) in [6, 6.07) is 66.5. The van der Waals surface area contributed by atoms with E-state index in [2.05, 4.69) is 188 Å². The summed E-state index contributed by atoms with van der Waals surface area (Å²) in [5, 5.41) is 6.77. The highest BCUT2D eigenvalue weighted by Gasteiger charge is 2.20. The molecule has 0 saturated carbocycles. The summed E-state index contributed by atoms with van der Waals surface area (Å²) in [6.07, 6.45) is 1.92. The molecule has 0 spiro atoms. The summed E-state index contributed by atoms with van der Waals surface area (Å²) in [5.41, 5.74) is 14.3. The van der Waals surface area contributed by atoms with Gasteiger partial charge in [0, 0.05) is 38.2 Å². The Labute approximate surface area is 317 Å². The third-order valence-corrected chi connectivity index (χ3v) is 10.9. The molecule has 0 atom stereocenters. The van der Waals surface area contributed by atoms with Crippen molar-refractivity contribution in [2.24, 2.45) is 0 Å². The second-order valence-electron chi connectivity index (χ2n) is 14.1. The SMILES string of the molecule is c1ccc(-c2cc(-c3ccccc3)c3oc4c(-c5ccccc5)cc(-c5cccc(-c6cnc7c8ccccc8c8ccccc8c7n6)c5)cc4c3c2)cc1. The molecule has 0 unspecified atom stereocenters. The van der Waals surface area contributed by atoms with Crippen LogP contribution >= 0.6 is 0 Å². The van der Waals surface area contributed by atoms with Gasteiger partial charge in [0.1, 0.15) is 11.2 Å². The number of benzene rings is 9. The largest absolute Gasteiger partial charge is 0.455 e. The number of rotatable bonds is 5. The van der Waals surface area contributed by atoms with Crippen molar-refractivity contribution >= 4 is 54.5 Å². The van der Waals surface area contributed by atoms with E-state index in [0.717, 1.165) is 93.9 Å². The molecule has 0 aliphatic rings. The van der Waals surface area contributed by atoms with Crippen molar-refractivity contribution < 1.29 is 4.42 Å². The molecule has 0 radical (unpaired) electrons. The lowest BCUT2D eigenvalue weighted by molar-refractivity contribution is 0.671. The highest BCUT2D eigenvalue weighted by atomic mass is 16.3. The fourth-order valence-electron chi connectivity index (χ4n) is 8.23. The van der Waals surface area contributed by atoms with Gasteiger partial charge in [-0.25, -0.2) is 4.98 Å². The van der Waals surface area contributed by atoms with Crippen molar-refractivity contribution in [2.75, 3.05) is 0 Å². The smallest absolute Gasteiger partial charge is 0.143 e. The van der Waals surface area contributed by atoms with E-state index in [0.29, 0.717) is 0 Å². The summed E-state index contributed by atoms with van der Waals surface area (Å²) in [6.45, 7) is 0. The van der Waals surface area contributed by atoms with E-state index < -0.39 is 0 Å². The van der Waals surface area contributed by atoms with Gasteiger partial charge in [0.15, 0.2) is 0 Å². The molecule has 0 N–H and O–H groups in total. The normalized spacial score (nSPS) is 11.6. The summed E-state index contributed by atoms with van der Waals surface area (Å²) in [7, 11) is 0. The molecular formula is C52H32N2O. The highest BCUT2D eigenvalue weighted by molar-refractivity contribution is 6.23. The van der Waals surface area contributed by atoms with E-state index in [9.17, 15) is 0 Å². The third kappa shape index (κ3) is 5.20. The van der Waals surface area contributed by atoms with Gasteiger partial charge in [0.25, 0.3) is 0 Å². The molecule has 0 aliphatic carbocycles. The number of nitrogens with zero attached hydrogens (tertiary/aromatic N) is 2. The van der Waals surface area contributed by atoms with Gasteiger partial charge in [-0.05, 0) is 74.5 Å². The number of hydrogen-bond donors (Lipinski definition) is 0. The predicted molar refractivity (Wildman–Crippen MR) is 229 cm³/mol. The predicted octanol–water partition coefficient (Wildman–Crippen LogP) is 14.2. The Morgan fingerprint density at radius 3 is 1.35 bits per heavy atom. The zero-order chi connectivity index (χ0) is 36.3. The molecule has 11 rings (SSSR count). The Morgan fingerprint density at radius 2 is 0.764 bits per heavy atom. The van der Waals surface area contributed by atoms with Gasteiger partial charge in [-0.15, -0.1) is 0 Å². The lowest BCUT2D eigenvalue weighted by atomic mass is 9.92. The van der Waals surface area contributed by atoms with Gasteiger partial charge in [-0.1, -0.05) is 158 Å². The summed E-state index contributed by atoms with van der Waals surface area (Å²) < 4.78 is 6.99. The lowest BCUT2D eigenvalue weighted by Gasteiger charge is -2.12. The molecule has 0 amide bonds. The molecule has 3 heteroatoms. The first-order valence-corrected chi connectivity index (χ1v) is 18.6. The fraction of sp³-hybridized carbons (Fsp3) is 0. The molecule has 2 heterocycles. The average molecular weight is 701 g/mol. The van der Waals surface area contributed by atoms with Gasteiger partial charge in [-0.2, -0.15) is 0 Å². The third-order valence-electron chi connectivity index (χ3n) is 10.9. The Balaban J connectivity index is 1.14. The quantitative estimate of drug-likeness (QED) is 0.168. The van der Waals surface area contributed by atoms with Gasteiger partial charge in [0.05, 0.1) is 22.9 Å². The van der Waals surface area contributed by atoms with Crippen LogP contribution in [-0.4, -0.2) is 9.97 Å². The minimum Gasteiger partial charge on any atom is -0.455 e. The maximum atomic E-state index is 6.99. The Bertz CT molecular complexity index is 3210. The molecule has 11 aromatic rings. The van der Waals surface area contributed by atoms with E-state index in [1.54, 1.807) is 0 Å². The summed E-state index contributed by atoms with van der Waals surface area (Å²) >= 11 is 0. The number of furan rings is 1. The average Bonchev–Trinajstić information content (AvgIpc) is 3.65. The first-order chi connectivity index (χ1) is 27.3. The molecule has 0 saturated heterocycles. The molecule has 9 aromatic carbocycles. The second kappa shape index (κ2) is 12.6.